The molecule has 18 nitrogen and oxygen atoms in total. The van der Waals surface area contributed by atoms with Gasteiger partial charge in [-0.3, -0.25) is 9.59 Å². The first-order valence-corrected chi connectivity index (χ1v) is 28.2. The lowest BCUT2D eigenvalue weighted by molar-refractivity contribution is -0.119. The molecule has 22 heteroatoms. The molecular formula is C50H56ClFN10O8S2. The summed E-state index contributed by atoms with van der Waals surface area (Å²) in [6.45, 7) is 9.35. The van der Waals surface area contributed by atoms with Crippen LogP contribution in [0.15, 0.2) is 63.6 Å². The second kappa shape index (κ2) is 19.1. The van der Waals surface area contributed by atoms with Gasteiger partial charge in [-0.1, -0.05) is 34.0 Å². The van der Waals surface area contributed by atoms with Crippen LogP contribution in [0, 0.1) is 33.5 Å². The molecule has 4 aromatic heterocycles. The Morgan fingerprint density at radius 1 is 0.653 bits per heavy atom. The molecular weight excluding hydrogens is 987 g/mol. The number of rotatable bonds is 9. The van der Waals surface area contributed by atoms with E-state index in [0.29, 0.717) is 89.0 Å². The Morgan fingerprint density at radius 2 is 1.15 bits per heavy atom. The van der Waals surface area contributed by atoms with Crippen molar-refractivity contribution in [3.8, 4) is 22.3 Å². The normalized spacial score (nSPS) is 20.0. The smallest absolute Gasteiger partial charge is 0.227 e. The predicted octanol–water partition coefficient (Wildman–Crippen LogP) is 8.42. The number of hydrogen-bond acceptors (Lipinski definition) is 12. The van der Waals surface area contributed by atoms with E-state index in [0.717, 1.165) is 73.1 Å². The summed E-state index contributed by atoms with van der Waals surface area (Å²) >= 11 is 6.09. The van der Waals surface area contributed by atoms with Gasteiger partial charge >= 0.3 is 0 Å². The van der Waals surface area contributed by atoms with Gasteiger partial charge in [-0.25, -0.2) is 39.8 Å². The van der Waals surface area contributed by atoms with Crippen LogP contribution < -0.4 is 10.2 Å². The number of aromatic nitrogens is 6. The number of piperidine rings is 2. The number of halogens is 2. The molecule has 2 atom stereocenters. The highest BCUT2D eigenvalue weighted by Crippen LogP contribution is 2.43. The van der Waals surface area contributed by atoms with Crippen LogP contribution in [0.5, 0.6) is 0 Å². The molecule has 380 valence electrons. The van der Waals surface area contributed by atoms with Crippen molar-refractivity contribution < 1.29 is 39.9 Å². The van der Waals surface area contributed by atoms with Gasteiger partial charge in [0.05, 0.1) is 63.1 Å². The number of sulfonamides is 2. The van der Waals surface area contributed by atoms with E-state index in [2.05, 4.69) is 36.9 Å². The van der Waals surface area contributed by atoms with E-state index in [4.69, 9.17) is 30.6 Å². The van der Waals surface area contributed by atoms with Crippen LogP contribution >= 0.6 is 11.6 Å². The van der Waals surface area contributed by atoms with Crippen LogP contribution in [0.2, 0.25) is 5.02 Å². The predicted molar refractivity (Wildman–Crippen MR) is 270 cm³/mol. The highest BCUT2D eigenvalue weighted by Gasteiger charge is 2.39. The molecule has 2 amide bonds. The second-order valence-electron chi connectivity index (χ2n) is 19.3. The van der Waals surface area contributed by atoms with Crippen molar-refractivity contribution in [2.75, 3.05) is 43.6 Å². The number of amides is 2. The summed E-state index contributed by atoms with van der Waals surface area (Å²) in [5.41, 5.74) is 9.44. The van der Waals surface area contributed by atoms with E-state index in [1.165, 1.54) is 33.3 Å². The lowest BCUT2D eigenvalue weighted by Gasteiger charge is -2.34. The molecule has 3 aromatic carbocycles. The number of imidazole rings is 2. The molecule has 4 saturated heterocycles. The monoisotopic (exact) mass is 1040 g/mol. The Bertz CT molecular complexity index is 3460. The fourth-order valence-corrected chi connectivity index (χ4v) is 13.1. The maximum atomic E-state index is 14.0. The third-order valence-electron chi connectivity index (χ3n) is 14.6. The molecule has 1 N–H and O–H groups in total. The SMILES string of the molecule is Cc1noc(C)c1-c1ccc2c(c1)nc([C@@H]1CCC(=O)N1)n2C1CCN(S(C)(=O)=O)CC1.Cc1noc(C)c1-c1ccc2c(c1)nc([C@@H]1CCC(=O)N1c1ccc(F)c(Cl)c1)n2C1CCN(S(C)(=O)=O)CC1. The third-order valence-corrected chi connectivity index (χ3v) is 17.5. The summed E-state index contributed by atoms with van der Waals surface area (Å²) in [5, 5.41) is 11.1. The van der Waals surface area contributed by atoms with Crippen molar-refractivity contribution in [3.63, 3.8) is 0 Å². The van der Waals surface area contributed by atoms with Crippen molar-refractivity contribution in [1.29, 1.82) is 0 Å². The Morgan fingerprint density at radius 3 is 1.60 bits per heavy atom. The summed E-state index contributed by atoms with van der Waals surface area (Å²) in [6.07, 6.45) is 7.19. The van der Waals surface area contributed by atoms with Gasteiger partial charge in [-0.05, 0) is 120 Å². The Balaban J connectivity index is 0.000000170. The Kier molecular flexibility index (Phi) is 13.2. The van der Waals surface area contributed by atoms with E-state index in [1.807, 2.05) is 52.0 Å². The van der Waals surface area contributed by atoms with Crippen LogP contribution in [-0.2, 0) is 29.6 Å². The summed E-state index contributed by atoms with van der Waals surface area (Å²) in [7, 11) is -6.48. The van der Waals surface area contributed by atoms with Crippen molar-refractivity contribution in [3.05, 3.63) is 100.0 Å². The molecule has 4 fully saturated rings. The van der Waals surface area contributed by atoms with Gasteiger partial charge < -0.3 is 28.4 Å². The second-order valence-corrected chi connectivity index (χ2v) is 23.7. The van der Waals surface area contributed by atoms with Crippen LogP contribution in [0.3, 0.4) is 0 Å². The van der Waals surface area contributed by atoms with Crippen LogP contribution in [-0.4, -0.2) is 105 Å². The topological polar surface area (TPSA) is 212 Å². The lowest BCUT2D eigenvalue weighted by atomic mass is 10.0. The number of carbonyl (C=O) groups is 2. The minimum atomic E-state index is -3.29. The van der Waals surface area contributed by atoms with E-state index in [1.54, 1.807) is 11.0 Å². The molecule has 8 heterocycles. The molecule has 11 rings (SSSR count). The van der Waals surface area contributed by atoms with Crippen molar-refractivity contribution >= 4 is 71.2 Å². The lowest BCUT2D eigenvalue weighted by Crippen LogP contribution is -2.39. The average molecular weight is 1040 g/mol. The molecule has 72 heavy (non-hydrogen) atoms. The fourth-order valence-electron chi connectivity index (χ4n) is 11.1. The quantitative estimate of drug-likeness (QED) is 0.144. The van der Waals surface area contributed by atoms with Gasteiger partial charge in [0.2, 0.25) is 31.9 Å². The van der Waals surface area contributed by atoms with Crippen LogP contribution in [0.25, 0.3) is 44.3 Å². The number of nitrogens with one attached hydrogen (secondary N) is 1. The summed E-state index contributed by atoms with van der Waals surface area (Å²) < 4.78 is 80.4. The molecule has 0 saturated carbocycles. The number of carbonyl (C=O) groups excluding carboxylic acids is 2. The molecule has 0 spiro atoms. The van der Waals surface area contributed by atoms with E-state index in [-0.39, 0.29) is 35.0 Å². The molecule has 7 aromatic rings. The zero-order chi connectivity index (χ0) is 51.0. The molecule has 0 aliphatic carbocycles. The standard InChI is InChI=1S/C28H29ClFN5O4S.C22H27N5O4S/c1-16-27(17(2)39-32-16)18-4-7-24-23(14-18)31-28(35(24)19-10-12-33(13-11-19)40(3,37)38)25-8-9-26(36)34(25)20-5-6-22(30)21(29)15-20;1-13-21(14(2)31-25-13)15-4-6-19-18(12-15)24-22(17-5-7-20(28)23-17)27(19)16-8-10-26(11-9-16)32(3,29)30/h4-7,14-15,19,25H,8-13H2,1-3H3;4,6,12,16-17H,5,7-11H2,1-3H3,(H,23,28)/t25-;17-/m00/s1. The van der Waals surface area contributed by atoms with E-state index < -0.39 is 31.9 Å². The fraction of sp³-hybridized carbons (Fsp3) is 0.440. The summed E-state index contributed by atoms with van der Waals surface area (Å²) in [4.78, 5) is 36.8. The zero-order valence-electron chi connectivity index (χ0n) is 40.9. The van der Waals surface area contributed by atoms with Gasteiger partial charge in [0.1, 0.15) is 29.0 Å². The van der Waals surface area contributed by atoms with Crippen LogP contribution in [0.4, 0.5) is 10.1 Å². The van der Waals surface area contributed by atoms with Crippen molar-refractivity contribution in [2.45, 2.75) is 103 Å². The number of nitrogens with zero attached hydrogens (tertiary/aromatic N) is 9. The summed E-state index contributed by atoms with van der Waals surface area (Å²) in [6, 6.07) is 16.1. The van der Waals surface area contributed by atoms with Gasteiger partial charge in [-0.2, -0.15) is 0 Å². The average Bonchev–Trinajstić information content (AvgIpc) is 4.21. The maximum Gasteiger partial charge on any atom is 0.227 e. The van der Waals surface area contributed by atoms with Crippen molar-refractivity contribution in [2.24, 2.45) is 0 Å². The highest BCUT2D eigenvalue weighted by molar-refractivity contribution is 7.88. The molecule has 0 radical (unpaired) electrons. The molecule has 0 bridgehead atoms. The minimum absolute atomic E-state index is 0.0164. The maximum absolute atomic E-state index is 14.0. The van der Waals surface area contributed by atoms with E-state index in [9.17, 15) is 30.8 Å². The van der Waals surface area contributed by atoms with Crippen LogP contribution in [0.1, 0.15) is 110 Å². The summed E-state index contributed by atoms with van der Waals surface area (Å²) in [5.74, 6) is 2.44. The Labute approximate surface area is 421 Å². The number of aryl methyl sites for hydroxylation is 4. The van der Waals surface area contributed by atoms with Gasteiger partial charge in [0.15, 0.2) is 0 Å². The molecule has 4 aliphatic rings. The number of hydrogen-bond donors (Lipinski definition) is 1. The molecule has 0 unspecified atom stereocenters. The highest BCUT2D eigenvalue weighted by atomic mass is 35.5. The first-order chi connectivity index (χ1) is 34.2. The van der Waals surface area contributed by atoms with Crippen molar-refractivity contribution in [1.82, 2.24) is 43.3 Å². The Hall–Kier alpha value is -6.00. The number of benzene rings is 3. The minimum Gasteiger partial charge on any atom is -0.361 e. The first-order valence-electron chi connectivity index (χ1n) is 24.1. The number of anilines is 1. The van der Waals surface area contributed by atoms with Gasteiger partial charge in [0.25, 0.3) is 0 Å². The largest absolute Gasteiger partial charge is 0.361 e. The van der Waals surface area contributed by atoms with Gasteiger partial charge in [-0.15, -0.1) is 0 Å². The third kappa shape index (κ3) is 9.33. The number of fused-ring (bicyclic) bond motifs is 2. The van der Waals surface area contributed by atoms with Gasteiger partial charge in [0, 0.05) is 67.9 Å². The first kappa shape index (κ1) is 49.6. The zero-order valence-corrected chi connectivity index (χ0v) is 43.2. The van der Waals surface area contributed by atoms with E-state index >= 15 is 0 Å². The molecule has 4 aliphatic heterocycles.